The molecule has 0 amide bonds. The molecule has 0 aromatic heterocycles. The molecule has 212 valence electrons. The van der Waals surface area contributed by atoms with Crippen LogP contribution in [0.5, 0.6) is 5.75 Å². The third-order valence-corrected chi connectivity index (χ3v) is 8.99. The van der Waals surface area contributed by atoms with Gasteiger partial charge in [0.25, 0.3) is 0 Å². The summed E-state index contributed by atoms with van der Waals surface area (Å²) in [6.07, 6.45) is 14.8. The molecule has 3 aromatic carbocycles. The molecule has 4 heteroatoms. The Morgan fingerprint density at radius 1 is 0.775 bits per heavy atom. The van der Waals surface area contributed by atoms with E-state index in [-0.39, 0.29) is 11.3 Å². The number of hydrogen-bond acceptors (Lipinski definition) is 2. The number of ether oxygens (including phenoxy) is 2. The summed E-state index contributed by atoms with van der Waals surface area (Å²) in [4.78, 5) is 0. The summed E-state index contributed by atoms with van der Waals surface area (Å²) in [6, 6.07) is 19.6. The van der Waals surface area contributed by atoms with Crippen molar-refractivity contribution in [2.45, 2.75) is 77.2 Å². The van der Waals surface area contributed by atoms with Crippen LogP contribution in [-0.2, 0) is 4.74 Å². The summed E-state index contributed by atoms with van der Waals surface area (Å²) in [7, 11) is 0. The fraction of sp³-hybridized carbons (Fsp3) is 0.444. The molecule has 1 heterocycles. The molecule has 2 nitrogen and oxygen atoms in total. The van der Waals surface area contributed by atoms with E-state index in [4.69, 9.17) is 9.47 Å². The standard InChI is InChI=1S/C36H42F2O2/c1-3-5-6-7-32-21-20-31(24-40-32)29-14-12-27(13-15-29)25-8-10-26(11-9-25)28-16-18-30(19-17-28)33-22-23-34(39-4-2)36(38)35(33)37/h3,5,8-11,16-19,22-23,27,29,31-32H,4,6-7,12-15,20-21,24H2,1-2H3. The Morgan fingerprint density at radius 2 is 1.43 bits per heavy atom. The summed E-state index contributed by atoms with van der Waals surface area (Å²) in [5, 5.41) is 0. The first-order valence-corrected chi connectivity index (χ1v) is 15.1. The minimum Gasteiger partial charge on any atom is -0.491 e. The molecule has 1 aliphatic carbocycles. The maximum atomic E-state index is 14.7. The van der Waals surface area contributed by atoms with Gasteiger partial charge < -0.3 is 9.47 Å². The van der Waals surface area contributed by atoms with E-state index in [1.54, 1.807) is 13.0 Å². The zero-order valence-electron chi connectivity index (χ0n) is 23.9. The fourth-order valence-electron chi connectivity index (χ4n) is 6.61. The van der Waals surface area contributed by atoms with Gasteiger partial charge in [-0.3, -0.25) is 0 Å². The summed E-state index contributed by atoms with van der Waals surface area (Å²) in [6.45, 7) is 5.07. The smallest absolute Gasteiger partial charge is 0.201 e. The zero-order chi connectivity index (χ0) is 27.9. The summed E-state index contributed by atoms with van der Waals surface area (Å²) in [5.74, 6) is 0.295. The molecule has 1 saturated carbocycles. The Labute approximate surface area is 238 Å². The van der Waals surface area contributed by atoms with Crippen LogP contribution in [0.4, 0.5) is 8.78 Å². The van der Waals surface area contributed by atoms with E-state index < -0.39 is 11.6 Å². The molecule has 1 aliphatic heterocycles. The van der Waals surface area contributed by atoms with Gasteiger partial charge in [0, 0.05) is 5.56 Å². The second-order valence-electron chi connectivity index (χ2n) is 11.4. The number of rotatable bonds is 9. The van der Waals surface area contributed by atoms with Crippen LogP contribution in [0.2, 0.25) is 0 Å². The Hall–Kier alpha value is -2.98. The SMILES string of the molecule is CC=CCCC1CCC(C2CCC(c3ccc(-c4ccc(-c5ccc(OCC)c(F)c5F)cc4)cc3)CC2)CO1. The monoisotopic (exact) mass is 544 g/mol. The van der Waals surface area contributed by atoms with Gasteiger partial charge in [0.2, 0.25) is 5.82 Å². The van der Waals surface area contributed by atoms with Crippen LogP contribution in [0.15, 0.2) is 72.8 Å². The van der Waals surface area contributed by atoms with Crippen LogP contribution < -0.4 is 4.74 Å². The molecule has 3 aromatic rings. The average molecular weight is 545 g/mol. The van der Waals surface area contributed by atoms with Crippen molar-refractivity contribution < 1.29 is 18.3 Å². The van der Waals surface area contributed by atoms with Crippen LogP contribution in [-0.4, -0.2) is 19.3 Å². The Morgan fingerprint density at radius 3 is 2.05 bits per heavy atom. The van der Waals surface area contributed by atoms with Gasteiger partial charge in [0.1, 0.15) is 0 Å². The van der Waals surface area contributed by atoms with Gasteiger partial charge in [-0.1, -0.05) is 60.7 Å². The number of hydrogen-bond donors (Lipinski definition) is 0. The van der Waals surface area contributed by atoms with Crippen molar-refractivity contribution in [2.75, 3.05) is 13.2 Å². The molecule has 2 fully saturated rings. The van der Waals surface area contributed by atoms with Crippen LogP contribution >= 0.6 is 0 Å². The van der Waals surface area contributed by atoms with Crippen molar-refractivity contribution in [2.24, 2.45) is 11.8 Å². The number of halogens is 2. The predicted octanol–water partition coefficient (Wildman–Crippen LogP) is 10.1. The maximum absolute atomic E-state index is 14.7. The second-order valence-corrected chi connectivity index (χ2v) is 11.4. The molecule has 2 atom stereocenters. The zero-order valence-corrected chi connectivity index (χ0v) is 23.9. The van der Waals surface area contributed by atoms with Gasteiger partial charge in [-0.2, -0.15) is 4.39 Å². The molecule has 0 spiro atoms. The van der Waals surface area contributed by atoms with E-state index in [2.05, 4.69) is 43.3 Å². The van der Waals surface area contributed by atoms with E-state index in [1.807, 2.05) is 24.3 Å². The Kier molecular flexibility index (Phi) is 9.70. The van der Waals surface area contributed by atoms with E-state index in [9.17, 15) is 8.78 Å². The molecular weight excluding hydrogens is 502 g/mol. The summed E-state index contributed by atoms with van der Waals surface area (Å²) in [5.41, 5.74) is 4.50. The van der Waals surface area contributed by atoms with Crippen LogP contribution in [0.25, 0.3) is 22.3 Å². The van der Waals surface area contributed by atoms with E-state index >= 15 is 0 Å². The first-order valence-electron chi connectivity index (χ1n) is 15.1. The van der Waals surface area contributed by atoms with E-state index in [1.165, 1.54) is 50.2 Å². The topological polar surface area (TPSA) is 18.5 Å². The highest BCUT2D eigenvalue weighted by Gasteiger charge is 2.31. The highest BCUT2D eigenvalue weighted by Crippen LogP contribution is 2.42. The molecular formula is C36H42F2O2. The van der Waals surface area contributed by atoms with E-state index in [0.29, 0.717) is 24.2 Å². The normalized spacial score (nSPS) is 23.4. The molecule has 40 heavy (non-hydrogen) atoms. The van der Waals surface area contributed by atoms with Crippen molar-refractivity contribution in [3.05, 3.63) is 90.0 Å². The van der Waals surface area contributed by atoms with Crippen molar-refractivity contribution >= 4 is 0 Å². The Bertz CT molecular complexity index is 1250. The summed E-state index contributed by atoms with van der Waals surface area (Å²) < 4.78 is 40.4. The molecule has 1 saturated heterocycles. The van der Waals surface area contributed by atoms with Crippen molar-refractivity contribution in [3.8, 4) is 28.0 Å². The van der Waals surface area contributed by atoms with Crippen LogP contribution in [0.3, 0.4) is 0 Å². The molecule has 0 bridgehead atoms. The third kappa shape index (κ3) is 6.66. The van der Waals surface area contributed by atoms with E-state index in [0.717, 1.165) is 42.4 Å². The third-order valence-electron chi connectivity index (χ3n) is 8.99. The van der Waals surface area contributed by atoms with Gasteiger partial charge in [0.15, 0.2) is 11.6 Å². The van der Waals surface area contributed by atoms with Gasteiger partial charge >= 0.3 is 0 Å². The lowest BCUT2D eigenvalue weighted by Gasteiger charge is -2.38. The van der Waals surface area contributed by atoms with Gasteiger partial charge in [-0.15, -0.1) is 0 Å². The highest BCUT2D eigenvalue weighted by atomic mass is 19.2. The largest absolute Gasteiger partial charge is 0.491 e. The minimum absolute atomic E-state index is 0.0544. The van der Waals surface area contributed by atoms with Crippen molar-refractivity contribution in [1.82, 2.24) is 0 Å². The molecule has 2 aliphatic rings. The molecule has 0 radical (unpaired) electrons. The molecule has 5 rings (SSSR count). The van der Waals surface area contributed by atoms with Gasteiger partial charge in [-0.25, -0.2) is 4.39 Å². The summed E-state index contributed by atoms with van der Waals surface area (Å²) >= 11 is 0. The first-order chi connectivity index (χ1) is 19.6. The first kappa shape index (κ1) is 28.5. The van der Waals surface area contributed by atoms with Crippen molar-refractivity contribution in [3.63, 3.8) is 0 Å². The minimum atomic E-state index is -0.940. The average Bonchev–Trinajstić information content (AvgIpc) is 3.01. The fourth-order valence-corrected chi connectivity index (χ4v) is 6.61. The maximum Gasteiger partial charge on any atom is 0.201 e. The lowest BCUT2D eigenvalue weighted by atomic mass is 9.72. The second kappa shape index (κ2) is 13.6. The number of benzene rings is 3. The number of allylic oxidation sites excluding steroid dienone is 2. The molecule has 2 unspecified atom stereocenters. The van der Waals surface area contributed by atoms with Crippen LogP contribution in [0, 0.1) is 23.5 Å². The lowest BCUT2D eigenvalue weighted by Crippen LogP contribution is -2.32. The quantitative estimate of drug-likeness (QED) is 0.250. The lowest BCUT2D eigenvalue weighted by molar-refractivity contribution is -0.0401. The van der Waals surface area contributed by atoms with Gasteiger partial charge in [-0.05, 0) is 117 Å². The van der Waals surface area contributed by atoms with Crippen LogP contribution in [0.1, 0.15) is 76.7 Å². The van der Waals surface area contributed by atoms with Gasteiger partial charge in [0.05, 0.1) is 19.3 Å². The molecule has 0 N–H and O–H groups in total. The Balaban J connectivity index is 1.14. The highest BCUT2D eigenvalue weighted by molar-refractivity contribution is 5.71. The van der Waals surface area contributed by atoms with Crippen molar-refractivity contribution in [1.29, 1.82) is 0 Å². The predicted molar refractivity (Wildman–Crippen MR) is 160 cm³/mol.